The summed E-state index contributed by atoms with van der Waals surface area (Å²) in [6.45, 7) is 1.46. The van der Waals surface area contributed by atoms with Crippen LogP contribution in [0, 0.1) is 0 Å². The number of hydrogen-bond donors (Lipinski definition) is 1. The minimum atomic E-state index is -1.38. The highest BCUT2D eigenvalue weighted by atomic mass is 16.6. The lowest BCUT2D eigenvalue weighted by molar-refractivity contribution is -0.155. The number of hydrogen-bond acceptors (Lipinski definition) is 3. The fraction of sp³-hybridized carbons (Fsp3) is 0.300. The van der Waals surface area contributed by atoms with E-state index >= 15 is 0 Å². The van der Waals surface area contributed by atoms with Crippen molar-refractivity contribution < 1.29 is 14.6 Å². The van der Waals surface area contributed by atoms with Gasteiger partial charge < -0.3 is 9.84 Å². The first-order chi connectivity index (χ1) is 6.09. The van der Waals surface area contributed by atoms with Gasteiger partial charge in [0.2, 0.25) is 0 Å². The second kappa shape index (κ2) is 2.57. The Morgan fingerprint density at radius 3 is 2.92 bits per heavy atom. The smallest absolute Gasteiger partial charge is 0.343 e. The van der Waals surface area contributed by atoms with E-state index in [1.165, 1.54) is 6.92 Å². The quantitative estimate of drug-likeness (QED) is 0.474. The van der Waals surface area contributed by atoms with Crippen molar-refractivity contribution in [3.63, 3.8) is 0 Å². The molecule has 3 nitrogen and oxygen atoms in total. The number of rotatable bonds is 0. The zero-order valence-electron chi connectivity index (χ0n) is 7.28. The Kier molecular flexibility index (Phi) is 1.63. The second-order valence-electron chi connectivity index (χ2n) is 3.45. The minimum absolute atomic E-state index is 0.321. The number of aliphatic hydroxyl groups is 1. The van der Waals surface area contributed by atoms with E-state index in [-0.39, 0.29) is 0 Å². The van der Waals surface area contributed by atoms with Gasteiger partial charge in [0.05, 0.1) is 0 Å². The average Bonchev–Trinajstić information content (AvgIpc) is 2.06. The van der Waals surface area contributed by atoms with E-state index in [1.54, 1.807) is 12.1 Å². The van der Waals surface area contributed by atoms with E-state index < -0.39 is 11.6 Å². The summed E-state index contributed by atoms with van der Waals surface area (Å²) in [4.78, 5) is 11.2. The molecule has 3 heteroatoms. The minimum Gasteiger partial charge on any atom is -0.424 e. The first-order valence-electron chi connectivity index (χ1n) is 4.12. The van der Waals surface area contributed by atoms with Gasteiger partial charge in [-0.3, -0.25) is 0 Å². The van der Waals surface area contributed by atoms with E-state index in [1.807, 2.05) is 12.1 Å². The summed E-state index contributed by atoms with van der Waals surface area (Å²) < 4.78 is 4.96. The Hall–Kier alpha value is -1.35. The third-order valence-electron chi connectivity index (χ3n) is 2.15. The summed E-state index contributed by atoms with van der Waals surface area (Å²) in [7, 11) is 0. The zero-order chi connectivity index (χ0) is 9.47. The molecule has 1 aromatic rings. The molecule has 1 heterocycles. The summed E-state index contributed by atoms with van der Waals surface area (Å²) in [5, 5.41) is 9.62. The van der Waals surface area contributed by atoms with Crippen molar-refractivity contribution in [2.75, 3.05) is 0 Å². The van der Waals surface area contributed by atoms with Crippen LogP contribution in [0.1, 0.15) is 12.5 Å². The Labute approximate surface area is 76.0 Å². The van der Waals surface area contributed by atoms with Gasteiger partial charge in [-0.15, -0.1) is 0 Å². The van der Waals surface area contributed by atoms with Gasteiger partial charge in [0.25, 0.3) is 0 Å². The van der Waals surface area contributed by atoms with Gasteiger partial charge in [-0.2, -0.15) is 0 Å². The molecule has 1 N–H and O–H groups in total. The van der Waals surface area contributed by atoms with Crippen molar-refractivity contribution in [3.8, 4) is 5.75 Å². The lowest BCUT2D eigenvalue weighted by Gasteiger charge is -2.27. The monoisotopic (exact) mass is 178 g/mol. The number of carbonyl (C=O) groups excluding carboxylic acids is 1. The number of ether oxygens (including phenoxy) is 1. The first-order valence-corrected chi connectivity index (χ1v) is 4.12. The third kappa shape index (κ3) is 1.31. The average molecular weight is 178 g/mol. The van der Waals surface area contributed by atoms with Crippen molar-refractivity contribution >= 4 is 5.97 Å². The lowest BCUT2D eigenvalue weighted by Crippen LogP contribution is -2.43. The molecular weight excluding hydrogens is 168 g/mol. The Balaban J connectivity index is 2.44. The van der Waals surface area contributed by atoms with Crippen LogP contribution in [0.2, 0.25) is 0 Å². The van der Waals surface area contributed by atoms with Crippen LogP contribution in [-0.2, 0) is 11.2 Å². The van der Waals surface area contributed by atoms with E-state index in [9.17, 15) is 9.90 Å². The lowest BCUT2D eigenvalue weighted by atomic mass is 9.94. The summed E-state index contributed by atoms with van der Waals surface area (Å²) in [6, 6.07) is 7.22. The van der Waals surface area contributed by atoms with Crippen LogP contribution in [0.15, 0.2) is 24.3 Å². The topological polar surface area (TPSA) is 46.5 Å². The van der Waals surface area contributed by atoms with Gasteiger partial charge >= 0.3 is 5.97 Å². The van der Waals surface area contributed by atoms with Gasteiger partial charge in [0.1, 0.15) is 5.75 Å². The molecule has 1 aromatic carbocycles. The molecule has 0 saturated carbocycles. The summed E-state index contributed by atoms with van der Waals surface area (Å²) in [5.74, 6) is -0.0229. The number of benzene rings is 1. The molecule has 0 saturated heterocycles. The van der Waals surface area contributed by atoms with Crippen molar-refractivity contribution in [1.29, 1.82) is 0 Å². The molecule has 68 valence electrons. The third-order valence-corrected chi connectivity index (χ3v) is 2.15. The fourth-order valence-electron chi connectivity index (χ4n) is 1.40. The number of fused-ring (bicyclic) bond motifs is 1. The van der Waals surface area contributed by atoms with Crippen LogP contribution >= 0.6 is 0 Å². The number of para-hydroxylation sites is 1. The Morgan fingerprint density at radius 2 is 2.15 bits per heavy atom. The molecule has 1 aliphatic rings. The predicted octanol–water partition coefficient (Wildman–Crippen LogP) is 0.899. The summed E-state index contributed by atoms with van der Waals surface area (Å²) in [5.41, 5.74) is -0.513. The molecule has 1 unspecified atom stereocenters. The standard InChI is InChI=1S/C10H10O3/c1-10(12)6-7-4-2-3-5-8(7)13-9(10)11/h2-5,12H,6H2,1H3. The highest BCUT2D eigenvalue weighted by molar-refractivity contribution is 5.83. The number of carbonyl (C=O) groups is 1. The SMILES string of the molecule is CC1(O)Cc2ccccc2OC1=O. The molecule has 0 spiro atoms. The molecule has 0 fully saturated rings. The molecule has 0 aromatic heterocycles. The maximum Gasteiger partial charge on any atom is 0.343 e. The first kappa shape index (κ1) is 8.26. The molecule has 0 aliphatic carbocycles. The van der Waals surface area contributed by atoms with Crippen LogP contribution in [0.25, 0.3) is 0 Å². The molecule has 2 rings (SSSR count). The van der Waals surface area contributed by atoms with Gasteiger partial charge in [0, 0.05) is 6.42 Å². The van der Waals surface area contributed by atoms with Crippen molar-refractivity contribution in [1.82, 2.24) is 0 Å². The van der Waals surface area contributed by atoms with Gasteiger partial charge in [-0.25, -0.2) is 4.79 Å². The van der Waals surface area contributed by atoms with Crippen molar-refractivity contribution in [2.24, 2.45) is 0 Å². The molecule has 1 aliphatic heterocycles. The van der Waals surface area contributed by atoms with Gasteiger partial charge in [0.15, 0.2) is 5.60 Å². The fourth-order valence-corrected chi connectivity index (χ4v) is 1.40. The largest absolute Gasteiger partial charge is 0.424 e. The molecule has 1 atom stereocenters. The summed E-state index contributed by atoms with van der Waals surface area (Å²) in [6.07, 6.45) is 0.321. The second-order valence-corrected chi connectivity index (χ2v) is 3.45. The molecule has 0 radical (unpaired) electrons. The molecule has 13 heavy (non-hydrogen) atoms. The molecule has 0 amide bonds. The van der Waals surface area contributed by atoms with E-state index in [0.717, 1.165) is 5.56 Å². The van der Waals surface area contributed by atoms with Crippen LogP contribution in [-0.4, -0.2) is 16.7 Å². The molecular formula is C10H10O3. The van der Waals surface area contributed by atoms with E-state index in [4.69, 9.17) is 4.74 Å². The molecule has 0 bridgehead atoms. The van der Waals surface area contributed by atoms with Crippen LogP contribution < -0.4 is 4.74 Å². The van der Waals surface area contributed by atoms with Crippen LogP contribution in [0.4, 0.5) is 0 Å². The van der Waals surface area contributed by atoms with Crippen molar-refractivity contribution in [3.05, 3.63) is 29.8 Å². The maximum absolute atomic E-state index is 11.2. The van der Waals surface area contributed by atoms with E-state index in [2.05, 4.69) is 0 Å². The predicted molar refractivity (Wildman–Crippen MR) is 46.4 cm³/mol. The van der Waals surface area contributed by atoms with Crippen LogP contribution in [0.3, 0.4) is 0 Å². The maximum atomic E-state index is 11.2. The summed E-state index contributed by atoms with van der Waals surface area (Å²) >= 11 is 0. The van der Waals surface area contributed by atoms with Gasteiger partial charge in [-0.05, 0) is 18.6 Å². The zero-order valence-corrected chi connectivity index (χ0v) is 7.28. The van der Waals surface area contributed by atoms with Crippen molar-refractivity contribution in [2.45, 2.75) is 18.9 Å². The van der Waals surface area contributed by atoms with E-state index in [0.29, 0.717) is 12.2 Å². The van der Waals surface area contributed by atoms with Gasteiger partial charge in [-0.1, -0.05) is 18.2 Å². The Morgan fingerprint density at radius 1 is 1.46 bits per heavy atom. The highest BCUT2D eigenvalue weighted by Crippen LogP contribution is 2.29. The van der Waals surface area contributed by atoms with Crippen LogP contribution in [0.5, 0.6) is 5.75 Å². The normalized spacial score (nSPS) is 26.5. The Bertz CT molecular complexity index is 355. The number of esters is 1. The highest BCUT2D eigenvalue weighted by Gasteiger charge is 2.37.